The molecule has 7 nitrogen and oxygen atoms in total. The van der Waals surface area contributed by atoms with Gasteiger partial charge < -0.3 is 14.6 Å². The fraction of sp³-hybridized carbons (Fsp3) is 0.194. The summed E-state index contributed by atoms with van der Waals surface area (Å²) in [5.41, 5.74) is 3.91. The van der Waals surface area contributed by atoms with Crippen molar-refractivity contribution in [3.8, 4) is 11.1 Å². The highest BCUT2D eigenvalue weighted by molar-refractivity contribution is 7.21. The van der Waals surface area contributed by atoms with Gasteiger partial charge in [0.2, 0.25) is 5.43 Å². The molecule has 0 atom stereocenters. The first-order valence-electron chi connectivity index (χ1n) is 13.0. The van der Waals surface area contributed by atoms with Gasteiger partial charge in [-0.05, 0) is 22.3 Å². The number of carboxylic acid groups (broad SMARTS) is 1. The summed E-state index contributed by atoms with van der Waals surface area (Å²) in [4.78, 5) is 35.1. The van der Waals surface area contributed by atoms with Crippen LogP contribution < -0.4 is 10.3 Å². The molecule has 0 radical (unpaired) electrons. The number of carbonyl (C=O) groups is 1. The molecular weight excluding hydrogens is 508 g/mol. The topological polar surface area (TPSA) is 78.7 Å². The van der Waals surface area contributed by atoms with Crippen molar-refractivity contribution < 1.29 is 9.90 Å². The average molecular weight is 537 g/mol. The van der Waals surface area contributed by atoms with Crippen molar-refractivity contribution in [1.29, 1.82) is 0 Å². The standard InChI is InChI=1S/C31H28N4O3S/c36-28-26(30(37)38)21-35(20-24-13-7-8-14-25(24)23-11-5-2-6-12-23)29-27(28)32-31(39-29)34-17-15-33(16-18-34)19-22-9-3-1-4-10-22/h1-14,21H,15-20H2,(H,37,38). The Labute approximate surface area is 230 Å². The summed E-state index contributed by atoms with van der Waals surface area (Å²) in [5.74, 6) is -1.24. The van der Waals surface area contributed by atoms with Crippen LogP contribution in [0.3, 0.4) is 0 Å². The molecule has 0 spiro atoms. The Morgan fingerprint density at radius 3 is 2.23 bits per heavy atom. The van der Waals surface area contributed by atoms with Crippen LogP contribution in [0.15, 0.2) is 95.9 Å². The van der Waals surface area contributed by atoms with Crippen LogP contribution in [-0.4, -0.2) is 51.7 Å². The molecule has 0 unspecified atom stereocenters. The summed E-state index contributed by atoms with van der Waals surface area (Å²) < 4.78 is 1.87. The zero-order valence-electron chi connectivity index (χ0n) is 21.4. The lowest BCUT2D eigenvalue weighted by atomic mass is 9.99. The molecule has 0 saturated carbocycles. The van der Waals surface area contributed by atoms with E-state index in [-0.39, 0.29) is 11.1 Å². The van der Waals surface area contributed by atoms with Gasteiger partial charge in [-0.15, -0.1) is 0 Å². The Morgan fingerprint density at radius 2 is 1.51 bits per heavy atom. The monoisotopic (exact) mass is 536 g/mol. The SMILES string of the molecule is O=C(O)c1cn(Cc2ccccc2-c2ccccc2)c2sc(N3CCN(Cc4ccccc4)CC3)nc2c1=O. The Balaban J connectivity index is 1.32. The second-order valence-corrected chi connectivity index (χ2v) is 10.7. The molecule has 3 heterocycles. The van der Waals surface area contributed by atoms with Crippen molar-refractivity contribution in [2.75, 3.05) is 31.1 Å². The van der Waals surface area contributed by atoms with Gasteiger partial charge in [-0.2, -0.15) is 0 Å². The highest BCUT2D eigenvalue weighted by Gasteiger charge is 2.24. The number of aromatic carboxylic acids is 1. The number of rotatable bonds is 7. The van der Waals surface area contributed by atoms with Crippen LogP contribution in [0.25, 0.3) is 21.5 Å². The Kier molecular flexibility index (Phi) is 6.96. The third-order valence-electron chi connectivity index (χ3n) is 7.17. The lowest BCUT2D eigenvalue weighted by Gasteiger charge is -2.34. The van der Waals surface area contributed by atoms with E-state index in [0.29, 0.717) is 11.4 Å². The van der Waals surface area contributed by atoms with Crippen molar-refractivity contribution >= 4 is 32.8 Å². The van der Waals surface area contributed by atoms with Gasteiger partial charge in [0.05, 0.1) is 0 Å². The van der Waals surface area contributed by atoms with Crippen LogP contribution in [0.1, 0.15) is 21.5 Å². The molecule has 8 heteroatoms. The maximum absolute atomic E-state index is 13.1. The predicted octanol–water partition coefficient (Wildman–Crippen LogP) is 5.19. The molecular formula is C31H28N4O3S. The minimum absolute atomic E-state index is 0.221. The van der Waals surface area contributed by atoms with Crippen molar-refractivity contribution in [2.24, 2.45) is 0 Å². The third-order valence-corrected chi connectivity index (χ3v) is 8.32. The number of hydrogen-bond donors (Lipinski definition) is 1. The number of pyridine rings is 1. The molecule has 39 heavy (non-hydrogen) atoms. The molecule has 0 bridgehead atoms. The number of thiazole rings is 1. The first kappa shape index (κ1) is 25.0. The lowest BCUT2D eigenvalue weighted by Crippen LogP contribution is -2.45. The smallest absolute Gasteiger partial charge is 0.341 e. The number of piperazine rings is 1. The predicted molar refractivity (Wildman–Crippen MR) is 156 cm³/mol. The molecule has 1 fully saturated rings. The zero-order chi connectivity index (χ0) is 26.8. The van der Waals surface area contributed by atoms with E-state index in [1.807, 2.05) is 47.0 Å². The Morgan fingerprint density at radius 1 is 0.846 bits per heavy atom. The van der Waals surface area contributed by atoms with Gasteiger partial charge in [-0.1, -0.05) is 96.3 Å². The average Bonchev–Trinajstić information content (AvgIpc) is 3.43. The number of aromatic nitrogens is 2. The quantitative estimate of drug-likeness (QED) is 0.308. The minimum atomic E-state index is -1.24. The maximum atomic E-state index is 13.1. The first-order valence-corrected chi connectivity index (χ1v) is 13.8. The number of anilines is 1. The summed E-state index contributed by atoms with van der Waals surface area (Å²) >= 11 is 1.46. The second kappa shape index (κ2) is 10.8. The highest BCUT2D eigenvalue weighted by atomic mass is 32.1. The van der Waals surface area contributed by atoms with E-state index in [9.17, 15) is 14.7 Å². The summed E-state index contributed by atoms with van der Waals surface area (Å²) in [6.45, 7) is 4.70. The summed E-state index contributed by atoms with van der Waals surface area (Å²) in [6, 6.07) is 28.6. The van der Waals surface area contributed by atoms with Gasteiger partial charge in [0.1, 0.15) is 15.9 Å². The molecule has 1 N–H and O–H groups in total. The van der Waals surface area contributed by atoms with Gasteiger partial charge in [-0.3, -0.25) is 9.69 Å². The summed E-state index contributed by atoms with van der Waals surface area (Å²) in [5, 5.41) is 10.6. The van der Waals surface area contributed by atoms with Crippen molar-refractivity contribution in [3.63, 3.8) is 0 Å². The molecule has 6 rings (SSSR count). The van der Waals surface area contributed by atoms with E-state index in [0.717, 1.165) is 54.5 Å². The fourth-order valence-electron chi connectivity index (χ4n) is 5.13. The number of hydrogen-bond acceptors (Lipinski definition) is 6. The molecule has 1 aliphatic heterocycles. The minimum Gasteiger partial charge on any atom is -0.477 e. The van der Waals surface area contributed by atoms with Crippen LogP contribution >= 0.6 is 11.3 Å². The van der Waals surface area contributed by atoms with E-state index in [2.05, 4.69) is 52.3 Å². The van der Waals surface area contributed by atoms with E-state index >= 15 is 0 Å². The molecule has 3 aromatic carbocycles. The zero-order valence-corrected chi connectivity index (χ0v) is 22.2. The Hall–Kier alpha value is -4.27. The van der Waals surface area contributed by atoms with E-state index in [1.165, 1.54) is 23.1 Å². The summed E-state index contributed by atoms with van der Waals surface area (Å²) in [7, 11) is 0. The van der Waals surface area contributed by atoms with Gasteiger partial charge in [0, 0.05) is 45.5 Å². The third kappa shape index (κ3) is 5.21. The van der Waals surface area contributed by atoms with Gasteiger partial charge in [0.25, 0.3) is 0 Å². The van der Waals surface area contributed by atoms with Crippen LogP contribution in [-0.2, 0) is 13.1 Å². The molecule has 196 valence electrons. The molecule has 1 saturated heterocycles. The van der Waals surface area contributed by atoms with Crippen molar-refractivity contribution in [3.05, 3.63) is 118 Å². The Bertz CT molecular complexity index is 1670. The molecule has 5 aromatic rings. The van der Waals surface area contributed by atoms with Gasteiger partial charge >= 0.3 is 5.97 Å². The van der Waals surface area contributed by atoms with Crippen molar-refractivity contribution in [1.82, 2.24) is 14.5 Å². The normalized spacial score (nSPS) is 14.1. The van der Waals surface area contributed by atoms with Crippen LogP contribution in [0.2, 0.25) is 0 Å². The van der Waals surface area contributed by atoms with Crippen LogP contribution in [0.5, 0.6) is 0 Å². The van der Waals surface area contributed by atoms with Crippen LogP contribution in [0, 0.1) is 0 Å². The number of carboxylic acids is 1. The lowest BCUT2D eigenvalue weighted by molar-refractivity contribution is 0.0695. The van der Waals surface area contributed by atoms with E-state index in [1.54, 1.807) is 0 Å². The van der Waals surface area contributed by atoms with E-state index < -0.39 is 11.4 Å². The fourth-order valence-corrected chi connectivity index (χ4v) is 6.22. The first-order chi connectivity index (χ1) is 19.1. The maximum Gasteiger partial charge on any atom is 0.341 e. The van der Waals surface area contributed by atoms with Gasteiger partial charge in [-0.25, -0.2) is 9.78 Å². The number of fused-ring (bicyclic) bond motifs is 1. The van der Waals surface area contributed by atoms with Gasteiger partial charge in [0.15, 0.2) is 5.13 Å². The number of benzene rings is 3. The highest BCUT2D eigenvalue weighted by Crippen LogP contribution is 2.31. The largest absolute Gasteiger partial charge is 0.477 e. The summed E-state index contributed by atoms with van der Waals surface area (Å²) in [6.07, 6.45) is 1.47. The molecule has 0 amide bonds. The molecule has 2 aromatic heterocycles. The molecule has 0 aliphatic carbocycles. The number of nitrogens with zero attached hydrogens (tertiary/aromatic N) is 4. The van der Waals surface area contributed by atoms with Crippen molar-refractivity contribution in [2.45, 2.75) is 13.1 Å². The second-order valence-electron chi connectivity index (χ2n) is 9.73. The molecule has 1 aliphatic rings. The van der Waals surface area contributed by atoms with E-state index in [4.69, 9.17) is 4.98 Å². The van der Waals surface area contributed by atoms with Crippen LogP contribution in [0.4, 0.5) is 5.13 Å².